The lowest BCUT2D eigenvalue weighted by molar-refractivity contribution is 0.0935. The minimum absolute atomic E-state index is 0.0428. The number of carbonyl (C=O) groups excluding carboxylic acids is 1. The van der Waals surface area contributed by atoms with Crippen LogP contribution in [0.5, 0.6) is 11.5 Å². The maximum absolute atomic E-state index is 13.8. The monoisotopic (exact) mass is 335 g/mol. The number of fused-ring (bicyclic) bond motifs is 1. The van der Waals surface area contributed by atoms with Gasteiger partial charge in [-0.15, -0.1) is 0 Å². The fraction of sp³-hybridized carbons (Fsp3) is 0.235. The fourth-order valence-corrected chi connectivity index (χ4v) is 2.52. The number of halogens is 2. The number of amides is 1. The molecule has 2 aromatic carbocycles. The molecular weight excluding hydrogens is 321 g/mol. The fourth-order valence-electron chi connectivity index (χ4n) is 2.36. The van der Waals surface area contributed by atoms with Crippen LogP contribution < -0.4 is 14.8 Å². The van der Waals surface area contributed by atoms with Gasteiger partial charge < -0.3 is 14.8 Å². The Morgan fingerprint density at radius 2 is 1.91 bits per heavy atom. The molecule has 0 saturated heterocycles. The summed E-state index contributed by atoms with van der Waals surface area (Å²) in [7, 11) is 0. The average Bonchev–Trinajstić information content (AvgIpc) is 2.54. The molecule has 23 heavy (non-hydrogen) atoms. The lowest BCUT2D eigenvalue weighted by atomic mass is 10.1. The van der Waals surface area contributed by atoms with Gasteiger partial charge in [-0.3, -0.25) is 4.79 Å². The Morgan fingerprint density at radius 3 is 2.65 bits per heavy atom. The van der Waals surface area contributed by atoms with Crippen LogP contribution in [0.25, 0.3) is 0 Å². The van der Waals surface area contributed by atoms with Gasteiger partial charge in [0.2, 0.25) is 0 Å². The minimum atomic E-state index is -0.649. The minimum Gasteiger partial charge on any atom is -0.486 e. The largest absolute Gasteiger partial charge is 0.486 e. The van der Waals surface area contributed by atoms with Gasteiger partial charge in [-0.05, 0) is 42.8 Å². The highest BCUT2D eigenvalue weighted by molar-refractivity contribution is 6.30. The number of benzene rings is 2. The van der Waals surface area contributed by atoms with Gasteiger partial charge in [0.15, 0.2) is 11.5 Å². The second kappa shape index (κ2) is 6.46. The van der Waals surface area contributed by atoms with E-state index in [9.17, 15) is 9.18 Å². The van der Waals surface area contributed by atoms with E-state index in [-0.39, 0.29) is 16.6 Å². The molecule has 1 aliphatic heterocycles. The van der Waals surface area contributed by atoms with Crippen LogP contribution in [-0.4, -0.2) is 19.1 Å². The molecule has 0 radical (unpaired) electrons. The van der Waals surface area contributed by atoms with Crippen molar-refractivity contribution in [2.75, 3.05) is 13.2 Å². The third kappa shape index (κ3) is 3.40. The Kier molecular flexibility index (Phi) is 4.39. The lowest BCUT2D eigenvalue weighted by Gasteiger charge is -2.21. The zero-order chi connectivity index (χ0) is 16.4. The van der Waals surface area contributed by atoms with Crippen molar-refractivity contribution < 1.29 is 18.7 Å². The molecule has 0 unspecified atom stereocenters. The van der Waals surface area contributed by atoms with Crippen molar-refractivity contribution >= 4 is 17.5 Å². The number of hydrogen-bond acceptors (Lipinski definition) is 3. The summed E-state index contributed by atoms with van der Waals surface area (Å²) in [6.07, 6.45) is 0. The van der Waals surface area contributed by atoms with Gasteiger partial charge in [0.05, 0.1) is 11.6 Å². The van der Waals surface area contributed by atoms with Crippen molar-refractivity contribution in [2.45, 2.75) is 13.0 Å². The maximum Gasteiger partial charge on any atom is 0.254 e. The molecule has 0 spiro atoms. The average molecular weight is 336 g/mol. The predicted octanol–water partition coefficient (Wildman–Crippen LogP) is 3.74. The molecule has 0 aromatic heterocycles. The summed E-state index contributed by atoms with van der Waals surface area (Å²) in [5.74, 6) is 0.181. The van der Waals surface area contributed by atoms with E-state index < -0.39 is 11.7 Å². The quantitative estimate of drug-likeness (QED) is 0.929. The Bertz CT molecular complexity index is 751. The standard InChI is InChI=1S/C17H15ClFNO3/c1-10(11-2-5-15-16(8-11)23-7-6-22-15)20-17(21)13-4-3-12(18)9-14(13)19/h2-5,8-10H,6-7H2,1H3,(H,20,21)/t10-/m1/s1. The third-order valence-electron chi connectivity index (χ3n) is 3.59. The molecular formula is C17H15ClFNO3. The van der Waals surface area contributed by atoms with Gasteiger partial charge in [-0.2, -0.15) is 0 Å². The summed E-state index contributed by atoms with van der Waals surface area (Å²) in [5.41, 5.74) is 0.802. The normalized spacial score (nSPS) is 14.2. The van der Waals surface area contributed by atoms with Gasteiger partial charge >= 0.3 is 0 Å². The predicted molar refractivity (Wildman–Crippen MR) is 84.7 cm³/mol. The molecule has 1 aliphatic rings. The molecule has 4 nitrogen and oxygen atoms in total. The first kappa shape index (κ1) is 15.6. The van der Waals surface area contributed by atoms with E-state index in [0.717, 1.165) is 11.6 Å². The number of carbonyl (C=O) groups is 1. The van der Waals surface area contributed by atoms with E-state index >= 15 is 0 Å². The van der Waals surface area contributed by atoms with E-state index in [2.05, 4.69) is 5.32 Å². The highest BCUT2D eigenvalue weighted by atomic mass is 35.5. The molecule has 1 atom stereocenters. The molecule has 0 aliphatic carbocycles. The van der Waals surface area contributed by atoms with Crippen LogP contribution in [0.2, 0.25) is 5.02 Å². The summed E-state index contributed by atoms with van der Waals surface area (Å²) in [6, 6.07) is 9.11. The van der Waals surface area contributed by atoms with Gasteiger partial charge in [0, 0.05) is 5.02 Å². The highest BCUT2D eigenvalue weighted by Crippen LogP contribution is 2.32. The number of nitrogens with one attached hydrogen (secondary N) is 1. The summed E-state index contributed by atoms with van der Waals surface area (Å²) in [5, 5.41) is 3.01. The van der Waals surface area contributed by atoms with Crippen molar-refractivity contribution in [3.63, 3.8) is 0 Å². The number of ether oxygens (including phenoxy) is 2. The first-order valence-corrected chi connectivity index (χ1v) is 7.58. The highest BCUT2D eigenvalue weighted by Gasteiger charge is 2.18. The second-order valence-corrected chi connectivity index (χ2v) is 5.66. The molecule has 1 N–H and O–H groups in total. The molecule has 0 saturated carbocycles. The molecule has 0 bridgehead atoms. The molecule has 1 heterocycles. The van der Waals surface area contributed by atoms with Crippen LogP contribution in [-0.2, 0) is 0 Å². The van der Waals surface area contributed by atoms with Crippen molar-refractivity contribution in [3.8, 4) is 11.5 Å². The summed E-state index contributed by atoms with van der Waals surface area (Å²) >= 11 is 5.69. The SMILES string of the molecule is C[C@@H](NC(=O)c1ccc(Cl)cc1F)c1ccc2c(c1)OCCO2. The first-order chi connectivity index (χ1) is 11.0. The number of hydrogen-bond donors (Lipinski definition) is 1. The smallest absolute Gasteiger partial charge is 0.254 e. The molecule has 2 aromatic rings. The van der Waals surface area contributed by atoms with Gasteiger partial charge in [-0.25, -0.2) is 4.39 Å². The van der Waals surface area contributed by atoms with Crippen molar-refractivity contribution in [3.05, 3.63) is 58.4 Å². The third-order valence-corrected chi connectivity index (χ3v) is 3.82. The van der Waals surface area contributed by atoms with E-state index in [1.54, 1.807) is 6.07 Å². The molecule has 120 valence electrons. The Labute approximate surface area is 138 Å². The summed E-state index contributed by atoms with van der Waals surface area (Å²) in [6.45, 7) is 2.83. The number of rotatable bonds is 3. The zero-order valence-corrected chi connectivity index (χ0v) is 13.2. The van der Waals surface area contributed by atoms with Gasteiger partial charge in [0.25, 0.3) is 5.91 Å². The van der Waals surface area contributed by atoms with Crippen LogP contribution in [0.1, 0.15) is 28.9 Å². The zero-order valence-electron chi connectivity index (χ0n) is 12.4. The Balaban J connectivity index is 1.76. The van der Waals surface area contributed by atoms with Crippen LogP contribution in [0.4, 0.5) is 4.39 Å². The van der Waals surface area contributed by atoms with Crippen LogP contribution >= 0.6 is 11.6 Å². The van der Waals surface area contributed by atoms with E-state index in [4.69, 9.17) is 21.1 Å². The summed E-state index contributed by atoms with van der Waals surface area (Å²) in [4.78, 5) is 12.2. The van der Waals surface area contributed by atoms with E-state index in [1.165, 1.54) is 12.1 Å². The summed E-state index contributed by atoms with van der Waals surface area (Å²) < 4.78 is 24.8. The van der Waals surface area contributed by atoms with E-state index in [1.807, 2.05) is 19.1 Å². The van der Waals surface area contributed by atoms with Crippen LogP contribution in [0.15, 0.2) is 36.4 Å². The molecule has 1 amide bonds. The molecule has 0 fully saturated rings. The van der Waals surface area contributed by atoms with Crippen LogP contribution in [0, 0.1) is 5.82 Å². The topological polar surface area (TPSA) is 47.6 Å². The maximum atomic E-state index is 13.8. The van der Waals surface area contributed by atoms with Crippen molar-refractivity contribution in [1.29, 1.82) is 0 Å². The first-order valence-electron chi connectivity index (χ1n) is 7.20. The van der Waals surface area contributed by atoms with Crippen molar-refractivity contribution in [2.24, 2.45) is 0 Å². The molecule has 6 heteroatoms. The second-order valence-electron chi connectivity index (χ2n) is 5.22. The van der Waals surface area contributed by atoms with Crippen LogP contribution in [0.3, 0.4) is 0 Å². The Hall–Kier alpha value is -2.27. The van der Waals surface area contributed by atoms with Crippen molar-refractivity contribution in [1.82, 2.24) is 5.32 Å². The van der Waals surface area contributed by atoms with E-state index in [0.29, 0.717) is 24.7 Å². The van der Waals surface area contributed by atoms with Gasteiger partial charge in [-0.1, -0.05) is 17.7 Å². The lowest BCUT2D eigenvalue weighted by Crippen LogP contribution is -2.27. The molecule has 3 rings (SSSR count). The van der Waals surface area contributed by atoms with Gasteiger partial charge in [0.1, 0.15) is 19.0 Å². The Morgan fingerprint density at radius 1 is 1.17 bits per heavy atom.